The van der Waals surface area contributed by atoms with E-state index in [0.29, 0.717) is 12.3 Å². The van der Waals surface area contributed by atoms with E-state index in [1.165, 1.54) is 0 Å². The van der Waals surface area contributed by atoms with Gasteiger partial charge in [-0.3, -0.25) is 9.59 Å². The zero-order chi connectivity index (χ0) is 19.8. The third-order valence-electron chi connectivity index (χ3n) is 4.31. The Hall–Kier alpha value is -2.82. The Labute approximate surface area is 161 Å². The number of carbonyl (C=O) groups is 2. The van der Waals surface area contributed by atoms with Crippen molar-refractivity contribution in [2.75, 3.05) is 6.61 Å². The number of aryl methyl sites for hydroxylation is 1. The molecular weight excluding hydrogens is 340 g/mol. The number of carbonyl (C=O) groups excluding carboxylic acids is 2. The van der Waals surface area contributed by atoms with Crippen molar-refractivity contribution in [2.24, 2.45) is 0 Å². The molecule has 144 valence electrons. The van der Waals surface area contributed by atoms with Gasteiger partial charge in [0.1, 0.15) is 11.8 Å². The summed E-state index contributed by atoms with van der Waals surface area (Å²) in [5.74, 6) is 0.223. The smallest absolute Gasteiger partial charge is 0.261 e. The molecule has 0 saturated heterocycles. The molecule has 2 aromatic rings. The van der Waals surface area contributed by atoms with E-state index in [2.05, 4.69) is 5.32 Å². The van der Waals surface area contributed by atoms with Gasteiger partial charge in [0.25, 0.3) is 5.91 Å². The first-order valence-corrected chi connectivity index (χ1v) is 9.20. The minimum atomic E-state index is -0.598. The molecule has 0 aliphatic carbocycles. The lowest BCUT2D eigenvalue weighted by Gasteiger charge is -2.29. The van der Waals surface area contributed by atoms with Crippen molar-refractivity contribution in [1.82, 2.24) is 10.2 Å². The maximum Gasteiger partial charge on any atom is 0.261 e. The molecule has 0 spiro atoms. The van der Waals surface area contributed by atoms with Crippen molar-refractivity contribution in [2.45, 2.75) is 46.3 Å². The van der Waals surface area contributed by atoms with Crippen molar-refractivity contribution in [3.8, 4) is 5.75 Å². The lowest BCUT2D eigenvalue weighted by atomic mass is 10.1. The number of nitrogens with zero attached hydrogens (tertiary/aromatic N) is 1. The number of rotatable bonds is 8. The summed E-state index contributed by atoms with van der Waals surface area (Å²) in [6, 6.07) is 16.5. The molecule has 1 atom stereocenters. The fraction of sp³-hybridized carbons (Fsp3) is 0.364. The fourth-order valence-electron chi connectivity index (χ4n) is 2.70. The number of amides is 2. The summed E-state index contributed by atoms with van der Waals surface area (Å²) in [6.07, 6.45) is 0. The highest BCUT2D eigenvalue weighted by Gasteiger charge is 2.27. The summed E-state index contributed by atoms with van der Waals surface area (Å²) in [4.78, 5) is 27.0. The molecule has 0 saturated carbocycles. The van der Waals surface area contributed by atoms with E-state index in [4.69, 9.17) is 4.74 Å². The van der Waals surface area contributed by atoms with Crippen LogP contribution in [0.2, 0.25) is 0 Å². The third-order valence-corrected chi connectivity index (χ3v) is 4.31. The van der Waals surface area contributed by atoms with Gasteiger partial charge in [-0.1, -0.05) is 42.5 Å². The van der Waals surface area contributed by atoms with E-state index < -0.39 is 6.04 Å². The Morgan fingerprint density at radius 3 is 2.26 bits per heavy atom. The highest BCUT2D eigenvalue weighted by molar-refractivity contribution is 5.88. The number of ether oxygens (including phenoxy) is 1. The summed E-state index contributed by atoms with van der Waals surface area (Å²) in [7, 11) is 0. The molecular formula is C22H28N2O3. The highest BCUT2D eigenvalue weighted by atomic mass is 16.5. The van der Waals surface area contributed by atoms with Crippen molar-refractivity contribution < 1.29 is 14.3 Å². The number of hydrogen-bond donors (Lipinski definition) is 1. The third kappa shape index (κ3) is 6.13. The second kappa shape index (κ2) is 9.76. The number of para-hydroxylation sites is 1. The monoisotopic (exact) mass is 368 g/mol. The van der Waals surface area contributed by atoms with E-state index in [9.17, 15) is 9.59 Å². The maximum atomic E-state index is 12.9. The molecule has 0 aromatic heterocycles. The zero-order valence-corrected chi connectivity index (χ0v) is 16.4. The van der Waals surface area contributed by atoms with Gasteiger partial charge < -0.3 is 15.0 Å². The van der Waals surface area contributed by atoms with Crippen LogP contribution in [0, 0.1) is 6.92 Å². The van der Waals surface area contributed by atoms with Gasteiger partial charge in [-0.25, -0.2) is 0 Å². The van der Waals surface area contributed by atoms with E-state index >= 15 is 0 Å². The number of hydrogen-bond acceptors (Lipinski definition) is 3. The van der Waals surface area contributed by atoms with E-state index in [0.717, 1.165) is 11.1 Å². The van der Waals surface area contributed by atoms with Crippen LogP contribution >= 0.6 is 0 Å². The minimum Gasteiger partial charge on any atom is -0.484 e. The lowest BCUT2D eigenvalue weighted by Crippen LogP contribution is -2.50. The fourth-order valence-corrected chi connectivity index (χ4v) is 2.70. The van der Waals surface area contributed by atoms with Gasteiger partial charge in [0, 0.05) is 12.6 Å². The summed E-state index contributed by atoms with van der Waals surface area (Å²) in [5.41, 5.74) is 2.09. The molecule has 0 aliphatic heterocycles. The maximum absolute atomic E-state index is 12.9. The van der Waals surface area contributed by atoms with Gasteiger partial charge in [-0.15, -0.1) is 0 Å². The van der Waals surface area contributed by atoms with Crippen molar-refractivity contribution >= 4 is 11.8 Å². The van der Waals surface area contributed by atoms with Crippen LogP contribution in [0.5, 0.6) is 5.75 Å². The molecule has 0 heterocycles. The molecule has 1 N–H and O–H groups in total. The van der Waals surface area contributed by atoms with Crippen molar-refractivity contribution in [3.63, 3.8) is 0 Å². The Kier molecular flexibility index (Phi) is 7.41. The van der Waals surface area contributed by atoms with Crippen LogP contribution in [-0.2, 0) is 16.1 Å². The first-order valence-electron chi connectivity index (χ1n) is 9.20. The van der Waals surface area contributed by atoms with Crippen LogP contribution in [0.3, 0.4) is 0 Å². The minimum absolute atomic E-state index is 0.0101. The average Bonchev–Trinajstić information content (AvgIpc) is 2.65. The molecule has 0 aliphatic rings. The van der Waals surface area contributed by atoms with Crippen molar-refractivity contribution in [3.05, 3.63) is 65.7 Å². The largest absolute Gasteiger partial charge is 0.484 e. The van der Waals surface area contributed by atoms with Gasteiger partial charge in [0.05, 0.1) is 0 Å². The highest BCUT2D eigenvalue weighted by Crippen LogP contribution is 2.15. The normalized spacial score (nSPS) is 11.7. The molecule has 2 rings (SSSR count). The first-order chi connectivity index (χ1) is 12.9. The predicted octanol–water partition coefficient (Wildman–Crippen LogP) is 3.32. The standard InChI is InChI=1S/C22H28N2O3/c1-16(2)23-22(26)18(4)24(14-19-11-9-8-10-17(19)3)21(25)15-27-20-12-6-5-7-13-20/h5-13,16,18H,14-15H2,1-4H3,(H,23,26)/t18-/m1/s1. The Balaban J connectivity index is 2.15. The van der Waals surface area contributed by atoms with Crippen molar-refractivity contribution in [1.29, 1.82) is 0 Å². The lowest BCUT2D eigenvalue weighted by molar-refractivity contribution is -0.142. The van der Waals surface area contributed by atoms with E-state index in [-0.39, 0.29) is 24.5 Å². The van der Waals surface area contributed by atoms with Gasteiger partial charge >= 0.3 is 0 Å². The molecule has 0 bridgehead atoms. The van der Waals surface area contributed by atoms with Crippen LogP contribution in [0.15, 0.2) is 54.6 Å². The van der Waals surface area contributed by atoms with Crippen LogP contribution in [-0.4, -0.2) is 35.4 Å². The summed E-state index contributed by atoms with van der Waals surface area (Å²) >= 11 is 0. The summed E-state index contributed by atoms with van der Waals surface area (Å²) in [5, 5.41) is 2.88. The van der Waals surface area contributed by atoms with Gasteiger partial charge in [0.2, 0.25) is 5.91 Å². The molecule has 0 unspecified atom stereocenters. The van der Waals surface area contributed by atoms with Gasteiger partial charge in [-0.2, -0.15) is 0 Å². The van der Waals surface area contributed by atoms with E-state index in [1.807, 2.05) is 63.2 Å². The molecule has 5 heteroatoms. The molecule has 27 heavy (non-hydrogen) atoms. The first kappa shape index (κ1) is 20.5. The molecule has 2 amide bonds. The molecule has 0 radical (unpaired) electrons. The molecule has 5 nitrogen and oxygen atoms in total. The quantitative estimate of drug-likeness (QED) is 0.778. The number of benzene rings is 2. The van der Waals surface area contributed by atoms with Gasteiger partial charge in [0.15, 0.2) is 6.61 Å². The second-order valence-corrected chi connectivity index (χ2v) is 6.89. The zero-order valence-electron chi connectivity index (χ0n) is 16.4. The average molecular weight is 368 g/mol. The van der Waals surface area contributed by atoms with E-state index in [1.54, 1.807) is 24.0 Å². The second-order valence-electron chi connectivity index (χ2n) is 6.89. The van der Waals surface area contributed by atoms with Crippen LogP contribution in [0.25, 0.3) is 0 Å². The number of nitrogens with one attached hydrogen (secondary N) is 1. The summed E-state index contributed by atoms with van der Waals surface area (Å²) in [6.45, 7) is 7.78. The SMILES string of the molecule is Cc1ccccc1CN(C(=O)COc1ccccc1)[C@H](C)C(=O)NC(C)C. The predicted molar refractivity (Wildman–Crippen MR) is 106 cm³/mol. The Morgan fingerprint density at radius 1 is 1.00 bits per heavy atom. The van der Waals surface area contributed by atoms with Gasteiger partial charge in [-0.05, 0) is 51.0 Å². The Morgan fingerprint density at radius 2 is 1.63 bits per heavy atom. The Bertz CT molecular complexity index is 759. The van der Waals surface area contributed by atoms with Crippen LogP contribution in [0.4, 0.5) is 0 Å². The van der Waals surface area contributed by atoms with Crippen LogP contribution in [0.1, 0.15) is 31.9 Å². The summed E-state index contributed by atoms with van der Waals surface area (Å²) < 4.78 is 5.60. The van der Waals surface area contributed by atoms with Crippen LogP contribution < -0.4 is 10.1 Å². The topological polar surface area (TPSA) is 58.6 Å². The molecule has 0 fully saturated rings. The molecule has 2 aromatic carbocycles.